The zero-order valence-electron chi connectivity index (χ0n) is 19.6. The van der Waals surface area contributed by atoms with Crippen molar-refractivity contribution >= 4 is 24.6 Å². The van der Waals surface area contributed by atoms with E-state index in [1.165, 1.54) is 16.8 Å². The van der Waals surface area contributed by atoms with Gasteiger partial charge in [-0.15, -0.1) is 6.58 Å². The van der Waals surface area contributed by atoms with Crippen LogP contribution in [0.1, 0.15) is 46.5 Å². The fourth-order valence-electron chi connectivity index (χ4n) is 6.73. The van der Waals surface area contributed by atoms with E-state index in [2.05, 4.69) is 92.9 Å². The second-order valence-electron chi connectivity index (χ2n) is 11.0. The molecule has 0 radical (unpaired) electrons. The topological polar surface area (TPSA) is 29.5 Å². The number of hydrogen-bond acceptors (Lipinski definition) is 2. The number of hydrogen-bond donors (Lipinski definition) is 0. The van der Waals surface area contributed by atoms with Crippen molar-refractivity contribution in [2.45, 2.75) is 63.1 Å². The zero-order valence-corrected chi connectivity index (χ0v) is 20.6. The molecule has 0 unspecified atom stereocenters. The number of piperidine rings is 1. The third-order valence-corrected chi connectivity index (χ3v) is 13.2. The monoisotopic (exact) mass is 445 g/mol. The average Bonchev–Trinajstić information content (AvgIpc) is 3.25. The molecule has 2 heterocycles. The van der Waals surface area contributed by atoms with Gasteiger partial charge in [-0.2, -0.15) is 0 Å². The Morgan fingerprint density at radius 2 is 1.66 bits per heavy atom. The Labute approximate surface area is 193 Å². The molecule has 0 N–H and O–H groups in total. The quantitative estimate of drug-likeness (QED) is 0.463. The molecule has 168 valence electrons. The summed E-state index contributed by atoms with van der Waals surface area (Å²) in [5, 5.41) is 2.55. The predicted molar refractivity (Wildman–Crippen MR) is 133 cm³/mol. The summed E-state index contributed by atoms with van der Waals surface area (Å²) < 4.78 is 7.19. The summed E-state index contributed by atoms with van der Waals surface area (Å²) >= 11 is 0. The van der Waals surface area contributed by atoms with Crippen LogP contribution in [0.4, 0.5) is 0 Å². The van der Waals surface area contributed by atoms with Gasteiger partial charge in [0, 0.05) is 11.5 Å². The van der Waals surface area contributed by atoms with E-state index in [9.17, 15) is 4.79 Å². The smallest absolute Gasteiger partial charge is 0.261 e. The van der Waals surface area contributed by atoms with Gasteiger partial charge >= 0.3 is 0 Å². The number of nitrogens with zero attached hydrogens (tertiary/aromatic N) is 1. The standard InChI is InChI=1S/C28H35NO2Si/c1-5-12-21-18-28-19-22(28)17-23(29(28)26(21)30)20-31-32(27(2,3)4,24-13-8-6-9-14-24)25-15-10-7-11-16-25/h5-11,13-16,21-23H,1,12,17-20H2,2-4H3/t21-,22+,23+,28+/m0/s1. The maximum Gasteiger partial charge on any atom is 0.261 e. The summed E-state index contributed by atoms with van der Waals surface area (Å²) in [5.74, 6) is 1.11. The lowest BCUT2D eigenvalue weighted by Crippen LogP contribution is -2.67. The third kappa shape index (κ3) is 3.14. The second kappa shape index (κ2) is 7.70. The highest BCUT2D eigenvalue weighted by molar-refractivity contribution is 6.99. The first-order valence-electron chi connectivity index (χ1n) is 12.0. The van der Waals surface area contributed by atoms with Crippen LogP contribution in [0.25, 0.3) is 0 Å². The van der Waals surface area contributed by atoms with Crippen LogP contribution < -0.4 is 10.4 Å². The van der Waals surface area contributed by atoms with E-state index in [0.717, 1.165) is 19.3 Å². The van der Waals surface area contributed by atoms with E-state index < -0.39 is 8.32 Å². The number of carbonyl (C=O) groups excluding carboxylic acids is 1. The molecule has 32 heavy (non-hydrogen) atoms. The molecule has 2 aromatic carbocycles. The van der Waals surface area contributed by atoms with E-state index in [1.54, 1.807) is 0 Å². The molecule has 0 bridgehead atoms. The lowest BCUT2D eigenvalue weighted by atomic mass is 9.98. The molecule has 2 aromatic rings. The Kier molecular flexibility index (Phi) is 5.22. The van der Waals surface area contributed by atoms with Crippen LogP contribution in [-0.2, 0) is 9.22 Å². The Balaban J connectivity index is 1.49. The molecule has 2 aliphatic heterocycles. The lowest BCUT2D eigenvalue weighted by molar-refractivity contribution is -0.134. The van der Waals surface area contributed by atoms with E-state index in [1.807, 2.05) is 6.08 Å². The van der Waals surface area contributed by atoms with Crippen molar-refractivity contribution in [1.82, 2.24) is 4.90 Å². The van der Waals surface area contributed by atoms with Gasteiger partial charge in [0.2, 0.25) is 5.91 Å². The van der Waals surface area contributed by atoms with Gasteiger partial charge in [0.15, 0.2) is 0 Å². The van der Waals surface area contributed by atoms with Crippen LogP contribution in [0, 0.1) is 11.8 Å². The van der Waals surface area contributed by atoms with Crippen molar-refractivity contribution in [1.29, 1.82) is 0 Å². The SMILES string of the molecule is C=CC[C@H]1C[C@@]23C[C@H]2C[C@H](CO[Si](c2ccccc2)(c2ccccc2)C(C)(C)C)N3C1=O. The van der Waals surface area contributed by atoms with Gasteiger partial charge in [0.25, 0.3) is 8.32 Å². The second-order valence-corrected chi connectivity index (χ2v) is 15.3. The number of amides is 1. The minimum absolute atomic E-state index is 0.0463. The average molecular weight is 446 g/mol. The summed E-state index contributed by atoms with van der Waals surface area (Å²) in [5.41, 5.74) is 0.129. The Hall–Kier alpha value is -2.17. The summed E-state index contributed by atoms with van der Waals surface area (Å²) in [6, 6.07) is 21.8. The number of rotatable bonds is 7. The Morgan fingerprint density at radius 1 is 1.06 bits per heavy atom. The molecular formula is C28H35NO2Si. The van der Waals surface area contributed by atoms with Crippen LogP contribution >= 0.6 is 0 Å². The van der Waals surface area contributed by atoms with Crippen molar-refractivity contribution in [2.24, 2.45) is 11.8 Å². The van der Waals surface area contributed by atoms with Crippen molar-refractivity contribution < 1.29 is 9.22 Å². The van der Waals surface area contributed by atoms with Crippen LogP contribution in [0.5, 0.6) is 0 Å². The fourth-order valence-corrected chi connectivity index (χ4v) is 11.3. The third-order valence-electron chi connectivity index (χ3n) is 8.15. The summed E-state index contributed by atoms with van der Waals surface area (Å²) in [7, 11) is -2.58. The van der Waals surface area contributed by atoms with Crippen LogP contribution in [-0.4, -0.2) is 37.3 Å². The Bertz CT molecular complexity index is 960. The molecule has 3 fully saturated rings. The number of carbonyl (C=O) groups is 1. The van der Waals surface area contributed by atoms with Gasteiger partial charge in [-0.05, 0) is 47.0 Å². The minimum Gasteiger partial charge on any atom is -0.405 e. The van der Waals surface area contributed by atoms with Crippen molar-refractivity contribution in [3.05, 3.63) is 73.3 Å². The van der Waals surface area contributed by atoms with Gasteiger partial charge in [0.1, 0.15) is 0 Å². The van der Waals surface area contributed by atoms with Crippen LogP contribution in [0.2, 0.25) is 5.04 Å². The van der Waals surface area contributed by atoms with Crippen LogP contribution in [0.15, 0.2) is 73.3 Å². The van der Waals surface area contributed by atoms with Crippen molar-refractivity contribution in [2.75, 3.05) is 6.61 Å². The molecule has 0 aromatic heterocycles. The van der Waals surface area contributed by atoms with E-state index in [4.69, 9.17) is 4.43 Å². The number of benzene rings is 2. The first-order valence-corrected chi connectivity index (χ1v) is 13.9. The minimum atomic E-state index is -2.58. The molecule has 1 aliphatic carbocycles. The number of allylic oxidation sites excluding steroid dienone is 1. The first-order chi connectivity index (χ1) is 15.3. The van der Waals surface area contributed by atoms with Crippen molar-refractivity contribution in [3.8, 4) is 0 Å². The molecular weight excluding hydrogens is 410 g/mol. The normalized spacial score (nSPS) is 29.0. The van der Waals surface area contributed by atoms with E-state index in [0.29, 0.717) is 18.4 Å². The molecule has 4 atom stereocenters. The summed E-state index contributed by atoms with van der Waals surface area (Å²) in [4.78, 5) is 15.6. The maximum atomic E-state index is 13.3. The van der Waals surface area contributed by atoms with Gasteiger partial charge < -0.3 is 9.33 Å². The van der Waals surface area contributed by atoms with Crippen LogP contribution in [0.3, 0.4) is 0 Å². The largest absolute Gasteiger partial charge is 0.405 e. The van der Waals surface area contributed by atoms with E-state index in [-0.39, 0.29) is 22.5 Å². The zero-order chi connectivity index (χ0) is 22.6. The fraction of sp³-hybridized carbons (Fsp3) is 0.464. The molecule has 1 amide bonds. The van der Waals surface area contributed by atoms with Gasteiger partial charge in [-0.25, -0.2) is 0 Å². The maximum absolute atomic E-state index is 13.3. The molecule has 3 nitrogen and oxygen atoms in total. The highest BCUT2D eigenvalue weighted by Gasteiger charge is 2.71. The molecule has 4 heteroatoms. The lowest BCUT2D eigenvalue weighted by Gasteiger charge is -2.44. The Morgan fingerprint density at radius 3 is 2.19 bits per heavy atom. The summed E-state index contributed by atoms with van der Waals surface area (Å²) in [6.07, 6.45) is 5.99. The van der Waals surface area contributed by atoms with Gasteiger partial charge in [-0.1, -0.05) is 87.5 Å². The van der Waals surface area contributed by atoms with Gasteiger partial charge in [-0.3, -0.25) is 4.79 Å². The molecule has 3 aliphatic rings. The summed E-state index contributed by atoms with van der Waals surface area (Å²) in [6.45, 7) is 11.4. The van der Waals surface area contributed by atoms with Crippen molar-refractivity contribution in [3.63, 3.8) is 0 Å². The molecule has 1 spiro atoms. The predicted octanol–water partition coefficient (Wildman–Crippen LogP) is 4.52. The highest BCUT2D eigenvalue weighted by atomic mass is 28.4. The molecule has 2 saturated heterocycles. The molecule has 5 rings (SSSR count). The van der Waals surface area contributed by atoms with Gasteiger partial charge in [0.05, 0.1) is 12.6 Å². The highest BCUT2D eigenvalue weighted by Crippen LogP contribution is 2.65. The van der Waals surface area contributed by atoms with E-state index >= 15 is 0 Å². The molecule has 1 saturated carbocycles. The first kappa shape index (κ1) is 21.7.